The number of oxime groups is 1. The first-order valence-electron chi connectivity index (χ1n) is 12.9. The molecule has 2 unspecified atom stereocenters. The standard InChI is InChI=1S/C25H23N9O8S4.ClH/c1-10(19(37)31-27-5-11-2-3-14(35)15(36)4-11)42-33-16(13-8-44-24(26)29-13)20(38)30-17-21(39)34-18(23(40)41)12(6-43-22(17)34)7-45-25-32-28-9-46-25;/h2-5,8-10,17,22,35-36H,6-7H2,1H3,(H2,26,29)(H,30,38)(H,31,37)(H,40,41);1H/b27-5+,33-16-;/t10?,17?,22-;/m1./s1. The summed E-state index contributed by atoms with van der Waals surface area (Å²) < 4.78 is 0.663. The van der Waals surface area contributed by atoms with Crippen LogP contribution < -0.4 is 16.5 Å². The van der Waals surface area contributed by atoms with E-state index >= 15 is 0 Å². The molecule has 2 aliphatic rings. The molecule has 1 saturated heterocycles. The number of thiazole rings is 1. The van der Waals surface area contributed by atoms with Gasteiger partial charge in [-0.15, -0.1) is 45.7 Å². The van der Waals surface area contributed by atoms with E-state index in [1.807, 2.05) is 0 Å². The fourth-order valence-corrected chi connectivity index (χ4v) is 7.56. The Kier molecular flexibility index (Phi) is 11.6. The third kappa shape index (κ3) is 8.11. The fraction of sp³-hybridized carbons (Fsp3) is 0.240. The van der Waals surface area contributed by atoms with Crippen LogP contribution in [0.3, 0.4) is 0 Å². The number of hydrazone groups is 1. The summed E-state index contributed by atoms with van der Waals surface area (Å²) in [6.07, 6.45) is -0.0317. The molecular weight excluding hydrogens is 718 g/mol. The minimum absolute atomic E-state index is 0. The highest BCUT2D eigenvalue weighted by molar-refractivity contribution is 8.01. The quantitative estimate of drug-likeness (QED) is 0.0502. The molecule has 1 fully saturated rings. The SMILES string of the molecule is CC(O/N=C(\C(=O)NC1C(=O)N2C(C(=O)O)=C(CSc3nncs3)CS[C@H]12)c1csc(N)n1)C(=O)N/N=C/c1ccc(O)c(O)c1.Cl. The van der Waals surface area contributed by atoms with Crippen LogP contribution >= 0.6 is 58.6 Å². The van der Waals surface area contributed by atoms with E-state index in [0.717, 1.165) is 16.2 Å². The van der Waals surface area contributed by atoms with Gasteiger partial charge in [0.15, 0.2) is 26.7 Å². The Labute approximate surface area is 287 Å². The third-order valence-electron chi connectivity index (χ3n) is 6.29. The molecule has 0 bridgehead atoms. The van der Waals surface area contributed by atoms with Gasteiger partial charge in [-0.2, -0.15) is 5.10 Å². The number of fused-ring (bicyclic) bond motifs is 1. The van der Waals surface area contributed by atoms with Crippen molar-refractivity contribution in [3.8, 4) is 11.5 Å². The highest BCUT2D eigenvalue weighted by atomic mass is 35.5. The molecule has 2 aliphatic heterocycles. The Morgan fingerprint density at radius 3 is 2.72 bits per heavy atom. The van der Waals surface area contributed by atoms with E-state index in [1.54, 1.807) is 5.51 Å². The summed E-state index contributed by atoms with van der Waals surface area (Å²) in [5.74, 6) is -3.55. The maximum absolute atomic E-state index is 13.4. The number of phenols is 2. The van der Waals surface area contributed by atoms with Crippen LogP contribution in [0.1, 0.15) is 18.2 Å². The monoisotopic (exact) mass is 741 g/mol. The summed E-state index contributed by atoms with van der Waals surface area (Å²) in [5, 5.41) is 47.6. The van der Waals surface area contributed by atoms with Crippen molar-refractivity contribution in [1.82, 2.24) is 30.8 Å². The Hall–Kier alpha value is -4.44. The molecule has 17 nitrogen and oxygen atoms in total. The van der Waals surface area contributed by atoms with E-state index in [2.05, 4.69) is 36.2 Å². The number of aromatic nitrogens is 3. The number of thioether (sulfide) groups is 2. The number of hydrogen-bond acceptors (Lipinski definition) is 17. The second-order valence-electron chi connectivity index (χ2n) is 9.35. The molecule has 22 heteroatoms. The first-order chi connectivity index (χ1) is 22.0. The normalized spacial score (nSPS) is 18.2. The highest BCUT2D eigenvalue weighted by Gasteiger charge is 2.54. The van der Waals surface area contributed by atoms with Crippen LogP contribution in [-0.2, 0) is 24.0 Å². The Bertz CT molecular complexity index is 1770. The Morgan fingerprint density at radius 1 is 1.28 bits per heavy atom. The Balaban J connectivity index is 0.00000500. The van der Waals surface area contributed by atoms with E-state index in [9.17, 15) is 34.5 Å². The molecule has 47 heavy (non-hydrogen) atoms. The first-order valence-corrected chi connectivity index (χ1v) is 16.7. The van der Waals surface area contributed by atoms with Crippen molar-refractivity contribution >= 4 is 99.4 Å². The van der Waals surface area contributed by atoms with E-state index in [1.165, 1.54) is 71.6 Å². The van der Waals surface area contributed by atoms with Gasteiger partial charge in [-0.05, 0) is 36.3 Å². The zero-order chi connectivity index (χ0) is 33.0. The lowest BCUT2D eigenvalue weighted by molar-refractivity contribution is -0.150. The summed E-state index contributed by atoms with van der Waals surface area (Å²) in [6.45, 7) is 1.35. The summed E-state index contributed by atoms with van der Waals surface area (Å²) in [5.41, 5.74) is 9.98. The van der Waals surface area contributed by atoms with Gasteiger partial charge < -0.3 is 31.2 Å². The first kappa shape index (κ1) is 35.4. The van der Waals surface area contributed by atoms with Crippen LogP contribution in [0.25, 0.3) is 0 Å². The molecule has 7 N–H and O–H groups in total. The summed E-state index contributed by atoms with van der Waals surface area (Å²) in [7, 11) is 0. The number of nitrogens with one attached hydrogen (secondary N) is 2. The smallest absolute Gasteiger partial charge is 0.352 e. The van der Waals surface area contributed by atoms with Gasteiger partial charge in [0, 0.05) is 16.9 Å². The topological polar surface area (TPSA) is 255 Å². The van der Waals surface area contributed by atoms with Crippen LogP contribution in [0.5, 0.6) is 11.5 Å². The average molecular weight is 742 g/mol. The maximum atomic E-state index is 13.4. The summed E-state index contributed by atoms with van der Waals surface area (Å²) >= 11 is 4.96. The number of rotatable bonds is 12. The number of anilines is 1. The highest BCUT2D eigenvalue weighted by Crippen LogP contribution is 2.41. The van der Waals surface area contributed by atoms with Crippen molar-refractivity contribution in [2.24, 2.45) is 10.3 Å². The van der Waals surface area contributed by atoms with Gasteiger partial charge in [0.25, 0.3) is 17.7 Å². The van der Waals surface area contributed by atoms with Gasteiger partial charge >= 0.3 is 5.97 Å². The molecule has 3 atom stereocenters. The van der Waals surface area contributed by atoms with Crippen molar-refractivity contribution in [1.29, 1.82) is 0 Å². The molecular formula is C25H24ClN9O8S4. The van der Waals surface area contributed by atoms with Crippen molar-refractivity contribution in [2.75, 3.05) is 17.2 Å². The number of nitrogen functional groups attached to an aromatic ring is 1. The second-order valence-corrected chi connectivity index (χ2v) is 13.4. The van der Waals surface area contributed by atoms with Gasteiger partial charge in [-0.3, -0.25) is 19.3 Å². The molecule has 1 aromatic carbocycles. The van der Waals surface area contributed by atoms with Gasteiger partial charge in [-0.25, -0.2) is 15.2 Å². The number of benzene rings is 1. The number of carboxylic acids is 1. The lowest BCUT2D eigenvalue weighted by Gasteiger charge is -2.49. The predicted molar refractivity (Wildman–Crippen MR) is 177 cm³/mol. The predicted octanol–water partition coefficient (Wildman–Crippen LogP) is 1.20. The molecule has 3 amide bonds. The van der Waals surface area contributed by atoms with Crippen LogP contribution in [0, 0.1) is 0 Å². The van der Waals surface area contributed by atoms with Crippen molar-refractivity contribution in [2.45, 2.75) is 28.8 Å². The van der Waals surface area contributed by atoms with Crippen LogP contribution in [0.4, 0.5) is 5.13 Å². The van der Waals surface area contributed by atoms with E-state index in [-0.39, 0.29) is 46.1 Å². The number of nitrogens with two attached hydrogens (primary N) is 1. The van der Waals surface area contributed by atoms with Crippen LogP contribution in [0.15, 0.2) is 55.0 Å². The van der Waals surface area contributed by atoms with Crippen molar-refractivity contribution < 1.29 is 39.3 Å². The lowest BCUT2D eigenvalue weighted by Crippen LogP contribution is -2.71. The molecule has 0 spiro atoms. The minimum atomic E-state index is -1.26. The lowest BCUT2D eigenvalue weighted by atomic mass is 10.0. The Morgan fingerprint density at radius 2 is 2.06 bits per heavy atom. The number of hydrogen-bond donors (Lipinski definition) is 6. The van der Waals surface area contributed by atoms with Gasteiger partial charge in [0.1, 0.15) is 28.3 Å². The molecule has 2 aromatic heterocycles. The second kappa shape index (κ2) is 15.4. The van der Waals surface area contributed by atoms with Crippen LogP contribution in [-0.4, -0.2) is 100 Å². The molecule has 0 aliphatic carbocycles. The number of carboxylic acid groups (broad SMARTS) is 1. The van der Waals surface area contributed by atoms with Crippen LogP contribution in [0.2, 0.25) is 0 Å². The van der Waals surface area contributed by atoms with Crippen molar-refractivity contribution in [3.63, 3.8) is 0 Å². The number of phenolic OH excluding ortho intramolecular Hbond substituents is 2. The molecule has 4 heterocycles. The molecule has 5 rings (SSSR count). The van der Waals surface area contributed by atoms with Crippen molar-refractivity contribution in [3.05, 3.63) is 51.6 Å². The number of aromatic hydroxyl groups is 2. The fourth-order valence-electron chi connectivity index (χ4n) is 4.04. The number of amides is 3. The number of halogens is 1. The number of carbonyl (C=O) groups is 4. The molecule has 3 aromatic rings. The number of nitrogens with zero attached hydrogens (tertiary/aromatic N) is 6. The maximum Gasteiger partial charge on any atom is 0.352 e. The average Bonchev–Trinajstić information content (AvgIpc) is 3.71. The number of β-lactam (4-membered cyclic amide) rings is 1. The number of carbonyl (C=O) groups excluding carboxylic acids is 3. The van der Waals surface area contributed by atoms with E-state index in [4.69, 9.17) is 10.6 Å². The van der Waals surface area contributed by atoms with E-state index < -0.39 is 41.2 Å². The zero-order valence-electron chi connectivity index (χ0n) is 23.8. The van der Waals surface area contributed by atoms with Gasteiger partial charge in [-0.1, -0.05) is 28.3 Å². The number of aliphatic carboxylic acids is 1. The molecule has 0 radical (unpaired) electrons. The molecule has 248 valence electrons. The zero-order valence-corrected chi connectivity index (χ0v) is 27.9. The van der Waals surface area contributed by atoms with E-state index in [0.29, 0.717) is 27.0 Å². The van der Waals surface area contributed by atoms with Gasteiger partial charge in [0.2, 0.25) is 6.10 Å². The summed E-state index contributed by atoms with van der Waals surface area (Å²) in [6, 6.07) is 2.87. The summed E-state index contributed by atoms with van der Waals surface area (Å²) in [4.78, 5) is 61.6. The van der Waals surface area contributed by atoms with Gasteiger partial charge in [0.05, 0.1) is 6.21 Å². The minimum Gasteiger partial charge on any atom is -0.504 e. The third-order valence-corrected chi connectivity index (χ3v) is 10.2. The molecule has 0 saturated carbocycles. The largest absolute Gasteiger partial charge is 0.504 e.